The number of hydrogen-bond donors (Lipinski definition) is 1. The Morgan fingerprint density at radius 2 is 1.97 bits per heavy atom. The molecule has 1 aliphatic rings. The summed E-state index contributed by atoms with van der Waals surface area (Å²) in [4.78, 5) is 37.9. The van der Waals surface area contributed by atoms with Gasteiger partial charge in [-0.05, 0) is 20.8 Å². The lowest BCUT2D eigenvalue weighted by Gasteiger charge is -2.28. The standard InChI is InChI=1S/C17H23N7O5/c1-4-22-14(15(25)21-5-7-29-8-6-21)13(10-18-22)20-16(26)17(2,3)23-11-12(9-19-23)24(27)28/h9-11H,4-8H2,1-3H3,(H,20,26). The average Bonchev–Trinajstić information content (AvgIpc) is 3.35. The molecule has 0 aromatic carbocycles. The highest BCUT2D eigenvalue weighted by Gasteiger charge is 2.34. The summed E-state index contributed by atoms with van der Waals surface area (Å²) in [5, 5.41) is 21.8. The fraction of sp³-hybridized carbons (Fsp3) is 0.529. The van der Waals surface area contributed by atoms with Crippen molar-refractivity contribution in [2.45, 2.75) is 32.9 Å². The third kappa shape index (κ3) is 3.97. The first kappa shape index (κ1) is 20.5. The molecule has 1 saturated heterocycles. The van der Waals surface area contributed by atoms with Gasteiger partial charge < -0.3 is 15.0 Å². The molecule has 0 aliphatic carbocycles. The van der Waals surface area contributed by atoms with Crippen molar-refractivity contribution < 1.29 is 19.2 Å². The van der Waals surface area contributed by atoms with Crippen LogP contribution in [0.4, 0.5) is 11.4 Å². The van der Waals surface area contributed by atoms with Gasteiger partial charge >= 0.3 is 5.69 Å². The highest BCUT2D eigenvalue weighted by Crippen LogP contribution is 2.23. The molecule has 3 heterocycles. The number of aromatic nitrogens is 4. The Kier molecular flexibility index (Phi) is 5.64. The third-order valence-electron chi connectivity index (χ3n) is 4.80. The molecule has 0 unspecified atom stereocenters. The monoisotopic (exact) mass is 405 g/mol. The zero-order valence-corrected chi connectivity index (χ0v) is 16.5. The summed E-state index contributed by atoms with van der Waals surface area (Å²) in [6, 6.07) is 0. The summed E-state index contributed by atoms with van der Waals surface area (Å²) in [5.74, 6) is -0.724. The van der Waals surface area contributed by atoms with E-state index in [-0.39, 0.29) is 23.0 Å². The van der Waals surface area contributed by atoms with Crippen LogP contribution in [0, 0.1) is 10.1 Å². The Labute approximate surface area is 166 Å². The Balaban J connectivity index is 1.85. The van der Waals surface area contributed by atoms with Crippen LogP contribution in [-0.4, -0.2) is 67.5 Å². The second kappa shape index (κ2) is 7.99. The number of nitro groups is 1. The highest BCUT2D eigenvalue weighted by atomic mass is 16.6. The van der Waals surface area contributed by atoms with Crippen molar-refractivity contribution in [2.24, 2.45) is 0 Å². The first-order valence-electron chi connectivity index (χ1n) is 9.19. The molecule has 2 amide bonds. The van der Waals surface area contributed by atoms with Crippen molar-refractivity contribution in [3.05, 3.63) is 34.4 Å². The molecule has 29 heavy (non-hydrogen) atoms. The number of carbonyl (C=O) groups excluding carboxylic acids is 2. The molecule has 2 aromatic rings. The lowest BCUT2D eigenvalue weighted by molar-refractivity contribution is -0.385. The molecule has 1 aliphatic heterocycles. The van der Waals surface area contributed by atoms with Crippen LogP contribution in [0.15, 0.2) is 18.6 Å². The number of carbonyl (C=O) groups is 2. The van der Waals surface area contributed by atoms with E-state index in [1.807, 2.05) is 6.92 Å². The van der Waals surface area contributed by atoms with E-state index in [0.29, 0.717) is 32.8 Å². The number of rotatable bonds is 6. The number of morpholine rings is 1. The molecule has 0 spiro atoms. The van der Waals surface area contributed by atoms with Crippen LogP contribution in [0.5, 0.6) is 0 Å². The van der Waals surface area contributed by atoms with Gasteiger partial charge in [-0.1, -0.05) is 0 Å². The molecule has 12 nitrogen and oxygen atoms in total. The van der Waals surface area contributed by atoms with Crippen LogP contribution in [0.1, 0.15) is 31.3 Å². The van der Waals surface area contributed by atoms with Crippen LogP contribution in [-0.2, 0) is 21.6 Å². The maximum absolute atomic E-state index is 13.0. The Hall–Kier alpha value is -3.28. The van der Waals surface area contributed by atoms with Crippen LogP contribution in [0.3, 0.4) is 0 Å². The number of nitrogens with zero attached hydrogens (tertiary/aromatic N) is 6. The van der Waals surface area contributed by atoms with Crippen molar-refractivity contribution in [1.29, 1.82) is 0 Å². The molecule has 12 heteroatoms. The number of amides is 2. The molecule has 0 saturated carbocycles. The number of ether oxygens (including phenoxy) is 1. The van der Waals surface area contributed by atoms with Crippen LogP contribution in [0.25, 0.3) is 0 Å². The van der Waals surface area contributed by atoms with Crippen LogP contribution < -0.4 is 5.32 Å². The molecule has 1 N–H and O–H groups in total. The molecule has 1 fully saturated rings. The maximum atomic E-state index is 13.0. The second-order valence-electron chi connectivity index (χ2n) is 7.04. The van der Waals surface area contributed by atoms with E-state index in [4.69, 9.17) is 4.74 Å². The summed E-state index contributed by atoms with van der Waals surface area (Å²) in [6.45, 7) is 7.29. The number of hydrogen-bond acceptors (Lipinski definition) is 7. The highest BCUT2D eigenvalue weighted by molar-refractivity contribution is 6.04. The van der Waals surface area contributed by atoms with Gasteiger partial charge in [0.1, 0.15) is 23.6 Å². The number of nitrogens with one attached hydrogen (secondary N) is 1. The zero-order chi connectivity index (χ0) is 21.2. The molecule has 0 bridgehead atoms. The Bertz CT molecular complexity index is 927. The van der Waals surface area contributed by atoms with Gasteiger partial charge in [-0.3, -0.25) is 29.1 Å². The van der Waals surface area contributed by atoms with Gasteiger partial charge in [0.05, 0.1) is 30.0 Å². The maximum Gasteiger partial charge on any atom is 0.307 e. The lowest BCUT2D eigenvalue weighted by Crippen LogP contribution is -2.43. The van der Waals surface area contributed by atoms with Crippen molar-refractivity contribution in [2.75, 3.05) is 31.6 Å². The van der Waals surface area contributed by atoms with Gasteiger partial charge in [0.15, 0.2) is 0 Å². The van der Waals surface area contributed by atoms with Crippen molar-refractivity contribution >= 4 is 23.2 Å². The van der Waals surface area contributed by atoms with Gasteiger partial charge in [0.2, 0.25) is 0 Å². The molecule has 2 aromatic heterocycles. The zero-order valence-electron chi connectivity index (χ0n) is 16.5. The SMILES string of the molecule is CCn1ncc(NC(=O)C(C)(C)n2cc([N+](=O)[O-])cn2)c1C(=O)N1CCOCC1. The van der Waals surface area contributed by atoms with Crippen molar-refractivity contribution in [3.63, 3.8) is 0 Å². The van der Waals surface area contributed by atoms with Crippen LogP contribution >= 0.6 is 0 Å². The van der Waals surface area contributed by atoms with E-state index >= 15 is 0 Å². The first-order valence-corrected chi connectivity index (χ1v) is 9.19. The van der Waals surface area contributed by atoms with Gasteiger partial charge in [-0.25, -0.2) is 0 Å². The number of aryl methyl sites for hydroxylation is 1. The predicted molar refractivity (Wildman–Crippen MR) is 101 cm³/mol. The van der Waals surface area contributed by atoms with E-state index in [9.17, 15) is 19.7 Å². The molecule has 156 valence electrons. The summed E-state index contributed by atoms with van der Waals surface area (Å²) >= 11 is 0. The van der Waals surface area contributed by atoms with Crippen molar-refractivity contribution in [3.8, 4) is 0 Å². The van der Waals surface area contributed by atoms with Crippen molar-refractivity contribution in [1.82, 2.24) is 24.5 Å². The van der Waals surface area contributed by atoms with Gasteiger partial charge in [-0.15, -0.1) is 0 Å². The lowest BCUT2D eigenvalue weighted by atomic mass is 10.0. The predicted octanol–water partition coefficient (Wildman–Crippen LogP) is 0.854. The Morgan fingerprint density at radius 1 is 1.28 bits per heavy atom. The number of anilines is 1. The molecule has 0 atom stereocenters. The quantitative estimate of drug-likeness (QED) is 0.555. The smallest absolute Gasteiger partial charge is 0.307 e. The summed E-state index contributed by atoms with van der Waals surface area (Å²) < 4.78 is 8.03. The van der Waals surface area contributed by atoms with Gasteiger partial charge in [0, 0.05) is 19.6 Å². The normalized spacial score (nSPS) is 14.7. The summed E-state index contributed by atoms with van der Waals surface area (Å²) in [6.07, 6.45) is 3.70. The second-order valence-corrected chi connectivity index (χ2v) is 7.04. The largest absolute Gasteiger partial charge is 0.378 e. The first-order chi connectivity index (χ1) is 13.8. The van der Waals surface area contributed by atoms with Gasteiger partial charge in [0.25, 0.3) is 11.8 Å². The van der Waals surface area contributed by atoms with E-state index in [2.05, 4.69) is 15.5 Å². The van der Waals surface area contributed by atoms with E-state index in [0.717, 1.165) is 6.20 Å². The fourth-order valence-corrected chi connectivity index (χ4v) is 2.95. The molecular formula is C17H23N7O5. The third-order valence-corrected chi connectivity index (χ3v) is 4.80. The molecular weight excluding hydrogens is 382 g/mol. The minimum atomic E-state index is -1.23. The minimum Gasteiger partial charge on any atom is -0.378 e. The van der Waals surface area contributed by atoms with E-state index in [1.54, 1.807) is 18.7 Å². The summed E-state index contributed by atoms with van der Waals surface area (Å²) in [7, 11) is 0. The van der Waals surface area contributed by atoms with Gasteiger partial charge in [-0.2, -0.15) is 10.2 Å². The molecule has 3 rings (SSSR count). The van der Waals surface area contributed by atoms with Crippen LogP contribution in [0.2, 0.25) is 0 Å². The topological polar surface area (TPSA) is 137 Å². The molecule has 0 radical (unpaired) electrons. The summed E-state index contributed by atoms with van der Waals surface area (Å²) in [5.41, 5.74) is -0.886. The van der Waals surface area contributed by atoms with E-state index < -0.39 is 16.4 Å². The van der Waals surface area contributed by atoms with E-state index in [1.165, 1.54) is 21.8 Å². The average molecular weight is 405 g/mol. The fourth-order valence-electron chi connectivity index (χ4n) is 2.95. The minimum absolute atomic E-state index is 0.215. The Morgan fingerprint density at radius 3 is 2.55 bits per heavy atom.